The molecule has 4 atom stereocenters. The molecule has 15 heavy (non-hydrogen) atoms. The Labute approximate surface area is 91.2 Å². The Morgan fingerprint density at radius 1 is 0.800 bits per heavy atom. The van der Waals surface area contributed by atoms with Crippen molar-refractivity contribution in [2.24, 2.45) is 23.7 Å². The fourth-order valence-corrected chi connectivity index (χ4v) is 3.62. The van der Waals surface area contributed by atoms with E-state index in [9.17, 15) is 4.79 Å². The van der Waals surface area contributed by atoms with Gasteiger partial charge in [0.2, 0.25) is 0 Å². The lowest BCUT2D eigenvalue weighted by molar-refractivity contribution is -0.134. The van der Waals surface area contributed by atoms with Crippen molar-refractivity contribution in [3.8, 4) is 0 Å². The van der Waals surface area contributed by atoms with Crippen LogP contribution in [0.25, 0.3) is 0 Å². The molecule has 0 N–H and O–H groups in total. The first kappa shape index (κ1) is 9.38. The van der Waals surface area contributed by atoms with E-state index >= 15 is 0 Å². The summed E-state index contributed by atoms with van der Waals surface area (Å²) in [5, 5.41) is 0. The number of carbonyl (C=O) groups is 1. The van der Waals surface area contributed by atoms with Crippen molar-refractivity contribution in [3.05, 3.63) is 24.3 Å². The van der Waals surface area contributed by atoms with Crippen LogP contribution in [0.5, 0.6) is 0 Å². The van der Waals surface area contributed by atoms with Crippen molar-refractivity contribution in [2.45, 2.75) is 32.1 Å². The molecular weight excluding hydrogens is 184 g/mol. The molecule has 0 amide bonds. The fraction of sp³-hybridized carbons (Fsp3) is 0.643. The molecule has 0 bridgehead atoms. The van der Waals surface area contributed by atoms with Gasteiger partial charge in [0.25, 0.3) is 0 Å². The summed E-state index contributed by atoms with van der Waals surface area (Å²) in [6.45, 7) is 0. The van der Waals surface area contributed by atoms with E-state index in [1.165, 1.54) is 6.42 Å². The van der Waals surface area contributed by atoms with Crippen LogP contribution in [0.1, 0.15) is 32.1 Å². The highest BCUT2D eigenvalue weighted by molar-refractivity contribution is 5.85. The molecule has 0 saturated heterocycles. The fourth-order valence-electron chi connectivity index (χ4n) is 3.62. The van der Waals surface area contributed by atoms with Crippen molar-refractivity contribution in [1.29, 1.82) is 0 Å². The normalized spacial score (nSPS) is 43.6. The number of fused-ring (bicyclic) bond motifs is 2. The molecule has 1 saturated carbocycles. The van der Waals surface area contributed by atoms with Crippen molar-refractivity contribution in [2.75, 3.05) is 0 Å². The van der Waals surface area contributed by atoms with Gasteiger partial charge in [0.1, 0.15) is 5.78 Å². The highest BCUT2D eigenvalue weighted by Crippen LogP contribution is 2.45. The second-order valence-corrected chi connectivity index (χ2v) is 5.26. The van der Waals surface area contributed by atoms with E-state index < -0.39 is 0 Å². The number of ketones is 1. The monoisotopic (exact) mass is 202 g/mol. The Hall–Kier alpha value is -0.850. The van der Waals surface area contributed by atoms with Crippen molar-refractivity contribution < 1.29 is 4.79 Å². The lowest BCUT2D eigenvalue weighted by Gasteiger charge is -2.42. The van der Waals surface area contributed by atoms with Crippen LogP contribution in [0.4, 0.5) is 0 Å². The van der Waals surface area contributed by atoms with Gasteiger partial charge in [0.05, 0.1) is 0 Å². The summed E-state index contributed by atoms with van der Waals surface area (Å²) in [7, 11) is 0. The van der Waals surface area contributed by atoms with E-state index in [1.807, 2.05) is 0 Å². The van der Waals surface area contributed by atoms with Gasteiger partial charge >= 0.3 is 0 Å². The van der Waals surface area contributed by atoms with Crippen molar-refractivity contribution >= 4 is 5.78 Å². The predicted octanol–water partition coefficient (Wildman–Crippen LogP) is 3.12. The molecule has 0 aromatic carbocycles. The van der Waals surface area contributed by atoms with Crippen molar-refractivity contribution in [3.63, 3.8) is 0 Å². The summed E-state index contributed by atoms with van der Waals surface area (Å²) in [5.74, 6) is 2.63. The summed E-state index contributed by atoms with van der Waals surface area (Å²) in [6.07, 6.45) is 14.5. The van der Waals surface area contributed by atoms with Gasteiger partial charge < -0.3 is 0 Å². The lowest BCUT2D eigenvalue weighted by atomic mass is 9.61. The van der Waals surface area contributed by atoms with Crippen LogP contribution in [0.15, 0.2) is 24.3 Å². The summed E-state index contributed by atoms with van der Waals surface area (Å²) < 4.78 is 0. The molecular formula is C14H18O. The van der Waals surface area contributed by atoms with Gasteiger partial charge in [-0.2, -0.15) is 0 Å². The van der Waals surface area contributed by atoms with Gasteiger partial charge in [-0.25, -0.2) is 0 Å². The zero-order valence-corrected chi connectivity index (χ0v) is 9.06. The molecule has 0 radical (unpaired) electrons. The molecule has 0 aliphatic heterocycles. The Morgan fingerprint density at radius 2 is 1.27 bits per heavy atom. The number of hydrogen-bond acceptors (Lipinski definition) is 1. The number of hydrogen-bond donors (Lipinski definition) is 0. The maximum absolute atomic E-state index is 12.3. The van der Waals surface area contributed by atoms with Crippen LogP contribution in [-0.2, 0) is 4.79 Å². The van der Waals surface area contributed by atoms with Crippen LogP contribution in [0.3, 0.4) is 0 Å². The number of allylic oxidation sites excluding steroid dienone is 4. The van der Waals surface area contributed by atoms with Crippen LogP contribution in [0, 0.1) is 23.7 Å². The van der Waals surface area contributed by atoms with E-state index in [0.29, 0.717) is 29.5 Å². The summed E-state index contributed by atoms with van der Waals surface area (Å²) in [5.41, 5.74) is 0. The topological polar surface area (TPSA) is 17.1 Å². The second kappa shape index (κ2) is 3.62. The van der Waals surface area contributed by atoms with Crippen LogP contribution in [0.2, 0.25) is 0 Å². The molecule has 0 spiro atoms. The van der Waals surface area contributed by atoms with E-state index in [4.69, 9.17) is 0 Å². The van der Waals surface area contributed by atoms with E-state index in [2.05, 4.69) is 24.3 Å². The van der Waals surface area contributed by atoms with Crippen LogP contribution in [-0.4, -0.2) is 5.78 Å². The lowest BCUT2D eigenvalue weighted by Crippen LogP contribution is -2.41. The third kappa shape index (κ3) is 1.49. The quantitative estimate of drug-likeness (QED) is 0.551. The molecule has 1 heteroatoms. The summed E-state index contributed by atoms with van der Waals surface area (Å²) >= 11 is 0. The first-order chi connectivity index (χ1) is 7.36. The zero-order valence-electron chi connectivity index (χ0n) is 9.06. The van der Waals surface area contributed by atoms with Gasteiger partial charge in [-0.3, -0.25) is 4.79 Å². The maximum Gasteiger partial charge on any atom is 0.140 e. The minimum Gasteiger partial charge on any atom is -0.299 e. The first-order valence-electron chi connectivity index (χ1n) is 6.20. The van der Waals surface area contributed by atoms with Gasteiger partial charge in [-0.05, 0) is 43.9 Å². The number of carbonyl (C=O) groups excluding carboxylic acids is 1. The summed E-state index contributed by atoms with van der Waals surface area (Å²) in [6, 6.07) is 0. The average Bonchev–Trinajstić information content (AvgIpc) is 2.30. The Kier molecular flexibility index (Phi) is 2.27. The Bertz CT molecular complexity index is 296. The highest BCUT2D eigenvalue weighted by atomic mass is 16.1. The first-order valence-corrected chi connectivity index (χ1v) is 6.20. The van der Waals surface area contributed by atoms with Gasteiger partial charge in [0.15, 0.2) is 0 Å². The smallest absolute Gasteiger partial charge is 0.140 e. The standard InChI is InChI=1S/C14H18O/c15-14-12-7-3-1-5-10(12)9-11-6-2-4-8-13(11)14/h1-4,10-13H,5-9H2/t10-,11+,12-,13+. The maximum atomic E-state index is 12.3. The van der Waals surface area contributed by atoms with Crippen LogP contribution >= 0.6 is 0 Å². The van der Waals surface area contributed by atoms with E-state index in [1.54, 1.807) is 0 Å². The van der Waals surface area contributed by atoms with E-state index in [0.717, 1.165) is 25.7 Å². The Balaban J connectivity index is 1.86. The van der Waals surface area contributed by atoms with Gasteiger partial charge in [-0.15, -0.1) is 0 Å². The molecule has 1 fully saturated rings. The molecule has 0 aromatic rings. The third-order valence-corrected chi connectivity index (χ3v) is 4.47. The predicted molar refractivity (Wildman–Crippen MR) is 60.3 cm³/mol. The third-order valence-electron chi connectivity index (χ3n) is 4.47. The van der Waals surface area contributed by atoms with Gasteiger partial charge in [0, 0.05) is 11.8 Å². The zero-order chi connectivity index (χ0) is 10.3. The molecule has 3 aliphatic rings. The molecule has 80 valence electrons. The number of Topliss-reactive ketones (excluding diaryl/α,β-unsaturated/α-hetero) is 1. The largest absolute Gasteiger partial charge is 0.299 e. The molecule has 0 unspecified atom stereocenters. The second-order valence-electron chi connectivity index (χ2n) is 5.26. The minimum absolute atomic E-state index is 0.364. The SMILES string of the molecule is O=C1[C@H]2CC=CC[C@H]2C[C@H]2CC=CC[C@@H]12. The molecule has 3 aliphatic carbocycles. The molecule has 0 aromatic heterocycles. The minimum atomic E-state index is 0.364. The molecule has 0 heterocycles. The van der Waals surface area contributed by atoms with Crippen molar-refractivity contribution in [1.82, 2.24) is 0 Å². The van der Waals surface area contributed by atoms with Gasteiger partial charge in [-0.1, -0.05) is 24.3 Å². The molecule has 1 nitrogen and oxygen atoms in total. The van der Waals surface area contributed by atoms with Crippen LogP contribution < -0.4 is 0 Å². The highest BCUT2D eigenvalue weighted by Gasteiger charge is 2.43. The van der Waals surface area contributed by atoms with E-state index in [-0.39, 0.29) is 0 Å². The Morgan fingerprint density at radius 3 is 1.80 bits per heavy atom. The summed E-state index contributed by atoms with van der Waals surface area (Å²) in [4.78, 5) is 12.3. The number of rotatable bonds is 0. The molecule has 3 rings (SSSR count). The average molecular weight is 202 g/mol.